The van der Waals surface area contributed by atoms with Gasteiger partial charge in [-0.05, 0) is 31.7 Å². The van der Waals surface area contributed by atoms with Gasteiger partial charge < -0.3 is 10.4 Å². The van der Waals surface area contributed by atoms with Gasteiger partial charge in [0.2, 0.25) is 5.91 Å². The van der Waals surface area contributed by atoms with Crippen LogP contribution >= 0.6 is 0 Å². The Morgan fingerprint density at radius 1 is 1.44 bits per heavy atom. The molecule has 1 aromatic rings. The second-order valence-electron chi connectivity index (χ2n) is 3.60. The van der Waals surface area contributed by atoms with Crippen molar-refractivity contribution in [1.29, 1.82) is 0 Å². The maximum absolute atomic E-state index is 11.2. The second-order valence-corrected chi connectivity index (χ2v) is 3.60. The molecule has 0 aromatic heterocycles. The SMILES string of the molecule is CCNC(=O)C(O)[CH]CCc1ccccc1. The molecule has 2 N–H and O–H groups in total. The number of likely N-dealkylation sites (N-methyl/N-ethyl adjacent to an activating group) is 1. The fourth-order valence-corrected chi connectivity index (χ4v) is 1.44. The van der Waals surface area contributed by atoms with Crippen LogP contribution in [0.1, 0.15) is 18.9 Å². The van der Waals surface area contributed by atoms with Gasteiger partial charge in [-0.15, -0.1) is 0 Å². The topological polar surface area (TPSA) is 49.3 Å². The van der Waals surface area contributed by atoms with E-state index >= 15 is 0 Å². The van der Waals surface area contributed by atoms with Gasteiger partial charge in [0.1, 0.15) is 6.10 Å². The molecule has 87 valence electrons. The predicted octanol–water partition coefficient (Wildman–Crippen LogP) is 1.32. The molecule has 0 aliphatic carbocycles. The van der Waals surface area contributed by atoms with Crippen molar-refractivity contribution >= 4 is 5.91 Å². The second kappa shape index (κ2) is 7.01. The third-order valence-electron chi connectivity index (χ3n) is 2.29. The zero-order valence-corrected chi connectivity index (χ0v) is 9.52. The highest BCUT2D eigenvalue weighted by Crippen LogP contribution is 2.05. The van der Waals surface area contributed by atoms with Gasteiger partial charge in [0, 0.05) is 6.54 Å². The van der Waals surface area contributed by atoms with Crippen LogP contribution in [-0.4, -0.2) is 23.7 Å². The zero-order chi connectivity index (χ0) is 11.8. The number of amides is 1. The van der Waals surface area contributed by atoms with Gasteiger partial charge in [-0.3, -0.25) is 4.79 Å². The molecule has 0 bridgehead atoms. The van der Waals surface area contributed by atoms with Crippen molar-refractivity contribution in [2.75, 3.05) is 6.54 Å². The molecule has 1 atom stereocenters. The summed E-state index contributed by atoms with van der Waals surface area (Å²) in [4.78, 5) is 11.2. The van der Waals surface area contributed by atoms with Crippen molar-refractivity contribution in [2.24, 2.45) is 0 Å². The first-order valence-corrected chi connectivity index (χ1v) is 5.57. The summed E-state index contributed by atoms with van der Waals surface area (Å²) < 4.78 is 0. The number of aliphatic hydroxyl groups is 1. The molecular weight excluding hydrogens is 202 g/mol. The molecule has 1 amide bonds. The first-order valence-electron chi connectivity index (χ1n) is 5.57. The summed E-state index contributed by atoms with van der Waals surface area (Å²) in [6.45, 7) is 2.37. The zero-order valence-electron chi connectivity index (χ0n) is 9.52. The van der Waals surface area contributed by atoms with Gasteiger partial charge in [-0.1, -0.05) is 30.3 Å². The van der Waals surface area contributed by atoms with Crippen molar-refractivity contribution in [2.45, 2.75) is 25.9 Å². The Hall–Kier alpha value is -1.35. The molecule has 0 saturated carbocycles. The first-order chi connectivity index (χ1) is 7.74. The van der Waals surface area contributed by atoms with Crippen LogP contribution in [0.25, 0.3) is 0 Å². The largest absolute Gasteiger partial charge is 0.383 e. The molecule has 1 aromatic carbocycles. The molecule has 1 rings (SSSR count). The summed E-state index contributed by atoms with van der Waals surface area (Å²) in [7, 11) is 0. The van der Waals surface area contributed by atoms with Crippen molar-refractivity contribution in [3.63, 3.8) is 0 Å². The normalized spacial score (nSPS) is 12.1. The summed E-state index contributed by atoms with van der Waals surface area (Å²) in [6, 6.07) is 10.0. The highest BCUT2D eigenvalue weighted by molar-refractivity contribution is 5.81. The Balaban J connectivity index is 2.23. The number of hydrogen-bond acceptors (Lipinski definition) is 2. The average molecular weight is 220 g/mol. The van der Waals surface area contributed by atoms with Crippen LogP contribution in [0.2, 0.25) is 0 Å². The monoisotopic (exact) mass is 220 g/mol. The van der Waals surface area contributed by atoms with Gasteiger partial charge in [0.25, 0.3) is 0 Å². The number of hydrogen-bond donors (Lipinski definition) is 2. The summed E-state index contributed by atoms with van der Waals surface area (Å²) in [5.41, 5.74) is 1.21. The van der Waals surface area contributed by atoms with Gasteiger partial charge in [-0.2, -0.15) is 0 Å². The van der Waals surface area contributed by atoms with Gasteiger partial charge in [0.15, 0.2) is 0 Å². The van der Waals surface area contributed by atoms with E-state index < -0.39 is 6.10 Å². The van der Waals surface area contributed by atoms with Crippen molar-refractivity contribution in [3.8, 4) is 0 Å². The highest BCUT2D eigenvalue weighted by atomic mass is 16.3. The van der Waals surface area contributed by atoms with Crippen molar-refractivity contribution in [3.05, 3.63) is 42.3 Å². The minimum atomic E-state index is -0.997. The average Bonchev–Trinajstić information content (AvgIpc) is 2.30. The number of rotatable bonds is 6. The lowest BCUT2D eigenvalue weighted by Crippen LogP contribution is -2.34. The molecule has 3 heteroatoms. The molecular formula is C13H18NO2. The third-order valence-corrected chi connectivity index (χ3v) is 2.29. The summed E-state index contributed by atoms with van der Waals surface area (Å²) in [6.07, 6.45) is 2.18. The molecule has 0 spiro atoms. The number of carbonyl (C=O) groups excluding carboxylic acids is 1. The van der Waals surface area contributed by atoms with Crippen LogP contribution in [0.15, 0.2) is 30.3 Å². The lowest BCUT2D eigenvalue weighted by molar-refractivity contribution is -0.127. The fourth-order valence-electron chi connectivity index (χ4n) is 1.44. The van der Waals surface area contributed by atoms with E-state index in [0.29, 0.717) is 13.0 Å². The van der Waals surface area contributed by atoms with E-state index in [9.17, 15) is 9.90 Å². The minimum Gasteiger partial charge on any atom is -0.383 e. The number of nitrogens with one attached hydrogen (secondary N) is 1. The van der Waals surface area contributed by atoms with Crippen LogP contribution < -0.4 is 5.32 Å². The lowest BCUT2D eigenvalue weighted by Gasteiger charge is -2.09. The molecule has 0 aliphatic rings. The molecule has 16 heavy (non-hydrogen) atoms. The van der Waals surface area contributed by atoms with Gasteiger partial charge >= 0.3 is 0 Å². The van der Waals surface area contributed by atoms with Crippen LogP contribution in [0.3, 0.4) is 0 Å². The summed E-state index contributed by atoms with van der Waals surface area (Å²) in [5, 5.41) is 12.0. The Labute approximate surface area is 96.5 Å². The van der Waals surface area contributed by atoms with E-state index in [1.807, 2.05) is 37.3 Å². The van der Waals surface area contributed by atoms with Gasteiger partial charge in [-0.25, -0.2) is 0 Å². The number of aryl methyl sites for hydroxylation is 1. The smallest absolute Gasteiger partial charge is 0.249 e. The fraction of sp³-hybridized carbons (Fsp3) is 0.385. The maximum Gasteiger partial charge on any atom is 0.249 e. The number of benzene rings is 1. The predicted molar refractivity (Wildman–Crippen MR) is 63.8 cm³/mol. The molecule has 1 radical (unpaired) electrons. The Morgan fingerprint density at radius 2 is 2.12 bits per heavy atom. The van der Waals surface area contributed by atoms with Crippen LogP contribution in [0.5, 0.6) is 0 Å². The van der Waals surface area contributed by atoms with E-state index in [1.165, 1.54) is 5.56 Å². The molecule has 1 unspecified atom stereocenters. The van der Waals surface area contributed by atoms with E-state index in [-0.39, 0.29) is 5.91 Å². The van der Waals surface area contributed by atoms with Crippen molar-refractivity contribution in [1.82, 2.24) is 5.32 Å². The minimum absolute atomic E-state index is 0.324. The molecule has 0 aliphatic heterocycles. The molecule has 0 heterocycles. The number of carbonyl (C=O) groups is 1. The van der Waals surface area contributed by atoms with Crippen LogP contribution in [-0.2, 0) is 11.2 Å². The summed E-state index contributed by atoms with van der Waals surface area (Å²) in [5.74, 6) is -0.324. The number of aliphatic hydroxyl groups excluding tert-OH is 1. The summed E-state index contributed by atoms with van der Waals surface area (Å²) >= 11 is 0. The van der Waals surface area contributed by atoms with Crippen molar-refractivity contribution < 1.29 is 9.90 Å². The molecule has 0 saturated heterocycles. The molecule has 0 fully saturated rings. The van der Waals surface area contributed by atoms with E-state index in [2.05, 4.69) is 5.32 Å². The molecule has 3 nitrogen and oxygen atoms in total. The maximum atomic E-state index is 11.2. The van der Waals surface area contributed by atoms with Crippen LogP contribution in [0.4, 0.5) is 0 Å². The lowest BCUT2D eigenvalue weighted by atomic mass is 10.1. The van der Waals surface area contributed by atoms with E-state index in [1.54, 1.807) is 6.42 Å². The quantitative estimate of drug-likeness (QED) is 0.759. The third kappa shape index (κ3) is 4.45. The first kappa shape index (κ1) is 12.7. The Kier molecular flexibility index (Phi) is 5.57. The highest BCUT2D eigenvalue weighted by Gasteiger charge is 2.13. The standard InChI is InChI=1S/C13H18NO2/c1-2-14-13(16)12(15)10-6-9-11-7-4-3-5-8-11/h3-5,7-8,10,12,15H,2,6,9H2,1H3,(H,14,16). The van der Waals surface area contributed by atoms with E-state index in [0.717, 1.165) is 6.42 Å². The Morgan fingerprint density at radius 3 is 2.75 bits per heavy atom. The Bertz CT molecular complexity index is 311. The van der Waals surface area contributed by atoms with Crippen LogP contribution in [0, 0.1) is 6.42 Å². The van der Waals surface area contributed by atoms with E-state index in [4.69, 9.17) is 0 Å². The van der Waals surface area contributed by atoms with Gasteiger partial charge in [0.05, 0.1) is 0 Å².